The number of nitrogens with zero attached hydrogens (tertiary/aromatic N) is 2. The standard InChI is InChI=1S/C15H21N3O4S/c1-17-9-11-8-13(5-6-14(11)16-15(17)20)23(21,22)18-7-3-2-4-12(18)10-19/h5-6,8,12,19H,2-4,7,9-10H2,1H3,(H,16,20). The van der Waals surface area contributed by atoms with Gasteiger partial charge in [-0.25, -0.2) is 13.2 Å². The molecule has 3 rings (SSSR count). The first-order chi connectivity index (χ1) is 10.9. The van der Waals surface area contributed by atoms with Crippen molar-refractivity contribution in [3.05, 3.63) is 23.8 Å². The van der Waals surface area contributed by atoms with Gasteiger partial charge >= 0.3 is 6.03 Å². The molecular weight excluding hydrogens is 318 g/mol. The number of fused-ring (bicyclic) bond motifs is 1. The van der Waals surface area contributed by atoms with E-state index in [0.717, 1.165) is 18.4 Å². The summed E-state index contributed by atoms with van der Waals surface area (Å²) >= 11 is 0. The van der Waals surface area contributed by atoms with Crippen LogP contribution in [0.15, 0.2) is 23.1 Å². The Morgan fingerprint density at radius 1 is 1.35 bits per heavy atom. The molecule has 0 spiro atoms. The van der Waals surface area contributed by atoms with Gasteiger partial charge in [0.15, 0.2) is 0 Å². The van der Waals surface area contributed by atoms with Crippen molar-refractivity contribution in [3.8, 4) is 0 Å². The molecule has 1 atom stereocenters. The molecule has 1 fully saturated rings. The van der Waals surface area contributed by atoms with E-state index in [1.807, 2.05) is 0 Å². The predicted molar refractivity (Wildman–Crippen MR) is 85.5 cm³/mol. The summed E-state index contributed by atoms with van der Waals surface area (Å²) in [7, 11) is -1.99. The second kappa shape index (κ2) is 6.10. The summed E-state index contributed by atoms with van der Waals surface area (Å²) in [5, 5.41) is 12.2. The van der Waals surface area contributed by atoms with Crippen molar-refractivity contribution >= 4 is 21.7 Å². The SMILES string of the molecule is CN1Cc2cc(S(=O)(=O)N3CCCCC3CO)ccc2NC1=O. The first-order valence-electron chi connectivity index (χ1n) is 7.71. The number of hydrogen-bond donors (Lipinski definition) is 2. The minimum absolute atomic E-state index is 0.164. The van der Waals surface area contributed by atoms with Crippen molar-refractivity contribution in [2.45, 2.75) is 36.7 Å². The third-order valence-corrected chi connectivity index (χ3v) is 6.41. The fourth-order valence-corrected chi connectivity index (χ4v) is 4.87. The predicted octanol–water partition coefficient (Wildman–Crippen LogP) is 1.20. The molecule has 2 aliphatic rings. The highest BCUT2D eigenvalue weighted by Gasteiger charge is 2.33. The summed E-state index contributed by atoms with van der Waals surface area (Å²) in [6, 6.07) is 4.20. The lowest BCUT2D eigenvalue weighted by molar-refractivity contribution is 0.155. The van der Waals surface area contributed by atoms with Crippen LogP contribution in [0.25, 0.3) is 0 Å². The normalized spacial score (nSPS) is 22.6. The molecule has 0 radical (unpaired) electrons. The quantitative estimate of drug-likeness (QED) is 0.866. The van der Waals surface area contributed by atoms with Crippen LogP contribution in [0.1, 0.15) is 24.8 Å². The third-order valence-electron chi connectivity index (χ3n) is 4.46. The van der Waals surface area contributed by atoms with E-state index in [1.165, 1.54) is 15.3 Å². The summed E-state index contributed by atoms with van der Waals surface area (Å²) in [6.07, 6.45) is 2.41. The number of rotatable bonds is 3. The second-order valence-electron chi connectivity index (χ2n) is 6.05. The average molecular weight is 339 g/mol. The van der Waals surface area contributed by atoms with Gasteiger partial charge in [-0.1, -0.05) is 6.42 Å². The lowest BCUT2D eigenvalue weighted by Gasteiger charge is -2.34. The number of aliphatic hydroxyl groups is 1. The number of carbonyl (C=O) groups is 1. The number of urea groups is 1. The minimum atomic E-state index is -3.65. The van der Waals surface area contributed by atoms with Gasteiger partial charge in [-0.3, -0.25) is 0 Å². The molecular formula is C15H21N3O4S. The molecule has 23 heavy (non-hydrogen) atoms. The number of hydrogen-bond acceptors (Lipinski definition) is 4. The van der Waals surface area contributed by atoms with Crippen LogP contribution in [0, 0.1) is 0 Å². The van der Waals surface area contributed by atoms with Gasteiger partial charge in [-0.2, -0.15) is 4.31 Å². The molecule has 126 valence electrons. The van der Waals surface area contributed by atoms with Gasteiger partial charge < -0.3 is 15.3 Å². The summed E-state index contributed by atoms with van der Waals surface area (Å²) < 4.78 is 27.2. The molecule has 1 aromatic carbocycles. The molecule has 0 aromatic heterocycles. The van der Waals surface area contributed by atoms with E-state index in [9.17, 15) is 18.3 Å². The van der Waals surface area contributed by atoms with Crippen LogP contribution in [-0.2, 0) is 16.6 Å². The number of anilines is 1. The molecule has 2 N–H and O–H groups in total. The van der Waals surface area contributed by atoms with Crippen molar-refractivity contribution in [1.82, 2.24) is 9.21 Å². The topological polar surface area (TPSA) is 90.0 Å². The largest absolute Gasteiger partial charge is 0.395 e. The number of amides is 2. The molecule has 2 aliphatic heterocycles. The number of nitrogens with one attached hydrogen (secondary N) is 1. The van der Waals surface area contributed by atoms with Crippen molar-refractivity contribution < 1.29 is 18.3 Å². The van der Waals surface area contributed by atoms with E-state index < -0.39 is 10.0 Å². The molecule has 1 saturated heterocycles. The maximum Gasteiger partial charge on any atom is 0.321 e. The fraction of sp³-hybridized carbons (Fsp3) is 0.533. The molecule has 7 nitrogen and oxygen atoms in total. The maximum absolute atomic E-state index is 12.9. The van der Waals surface area contributed by atoms with Gasteiger partial charge in [0.25, 0.3) is 0 Å². The summed E-state index contributed by atoms with van der Waals surface area (Å²) in [5.74, 6) is 0. The Morgan fingerprint density at radius 3 is 2.87 bits per heavy atom. The molecule has 2 heterocycles. The molecule has 0 aliphatic carbocycles. The van der Waals surface area contributed by atoms with E-state index in [1.54, 1.807) is 19.2 Å². The van der Waals surface area contributed by atoms with Gasteiger partial charge in [-0.05, 0) is 36.6 Å². The van der Waals surface area contributed by atoms with Crippen molar-refractivity contribution in [3.63, 3.8) is 0 Å². The molecule has 2 amide bonds. The van der Waals surface area contributed by atoms with E-state index in [2.05, 4.69) is 5.32 Å². The van der Waals surface area contributed by atoms with Crippen LogP contribution in [0.4, 0.5) is 10.5 Å². The van der Waals surface area contributed by atoms with E-state index in [4.69, 9.17) is 0 Å². The lowest BCUT2D eigenvalue weighted by Crippen LogP contribution is -2.45. The highest BCUT2D eigenvalue weighted by Crippen LogP contribution is 2.29. The van der Waals surface area contributed by atoms with Gasteiger partial charge in [-0.15, -0.1) is 0 Å². The Balaban J connectivity index is 1.94. The van der Waals surface area contributed by atoms with Crippen LogP contribution in [0.3, 0.4) is 0 Å². The van der Waals surface area contributed by atoms with Gasteiger partial charge in [0.05, 0.1) is 11.5 Å². The summed E-state index contributed by atoms with van der Waals surface area (Å²) in [6.45, 7) is 0.637. The third kappa shape index (κ3) is 2.93. The number of carbonyl (C=O) groups excluding carboxylic acids is 1. The number of aliphatic hydroxyl groups excluding tert-OH is 1. The lowest BCUT2D eigenvalue weighted by atomic mass is 10.1. The average Bonchev–Trinajstić information content (AvgIpc) is 2.55. The smallest absolute Gasteiger partial charge is 0.321 e. The molecule has 8 heteroatoms. The zero-order valence-corrected chi connectivity index (χ0v) is 13.8. The van der Waals surface area contributed by atoms with Crippen LogP contribution in [0.5, 0.6) is 0 Å². The maximum atomic E-state index is 12.9. The van der Waals surface area contributed by atoms with Gasteiger partial charge in [0.1, 0.15) is 0 Å². The van der Waals surface area contributed by atoms with Crippen LogP contribution >= 0.6 is 0 Å². The summed E-state index contributed by atoms with van der Waals surface area (Å²) in [5.41, 5.74) is 1.41. The van der Waals surface area contributed by atoms with E-state index in [-0.39, 0.29) is 23.6 Å². The zero-order valence-electron chi connectivity index (χ0n) is 13.0. The molecule has 1 aromatic rings. The van der Waals surface area contributed by atoms with Crippen molar-refractivity contribution in [2.24, 2.45) is 0 Å². The van der Waals surface area contributed by atoms with Gasteiger partial charge in [0.2, 0.25) is 10.0 Å². The monoisotopic (exact) mass is 339 g/mol. The minimum Gasteiger partial charge on any atom is -0.395 e. The number of benzene rings is 1. The van der Waals surface area contributed by atoms with Crippen LogP contribution in [0.2, 0.25) is 0 Å². The van der Waals surface area contributed by atoms with E-state index in [0.29, 0.717) is 25.2 Å². The number of sulfonamides is 1. The Hall–Kier alpha value is -1.64. The Kier molecular flexibility index (Phi) is 4.31. The second-order valence-corrected chi connectivity index (χ2v) is 7.94. The van der Waals surface area contributed by atoms with Crippen LogP contribution < -0.4 is 5.32 Å². The van der Waals surface area contributed by atoms with E-state index >= 15 is 0 Å². The van der Waals surface area contributed by atoms with Crippen molar-refractivity contribution in [1.29, 1.82) is 0 Å². The Labute approximate surface area is 135 Å². The molecule has 0 saturated carbocycles. The molecule has 0 bridgehead atoms. The first kappa shape index (κ1) is 16.2. The van der Waals surface area contributed by atoms with Crippen LogP contribution in [-0.4, -0.2) is 55.0 Å². The zero-order chi connectivity index (χ0) is 16.6. The van der Waals surface area contributed by atoms with Crippen molar-refractivity contribution in [2.75, 3.05) is 25.5 Å². The highest BCUT2D eigenvalue weighted by molar-refractivity contribution is 7.89. The molecule has 1 unspecified atom stereocenters. The Morgan fingerprint density at radius 2 is 2.13 bits per heavy atom. The summed E-state index contributed by atoms with van der Waals surface area (Å²) in [4.78, 5) is 13.3. The highest BCUT2D eigenvalue weighted by atomic mass is 32.2. The first-order valence-corrected chi connectivity index (χ1v) is 9.15. The van der Waals surface area contributed by atoms with Gasteiger partial charge in [0, 0.05) is 31.9 Å². The Bertz CT molecular complexity index is 719. The number of piperidine rings is 1. The fourth-order valence-electron chi connectivity index (χ4n) is 3.13.